The van der Waals surface area contributed by atoms with E-state index >= 15 is 0 Å². The molecule has 0 aliphatic carbocycles. The highest BCUT2D eigenvalue weighted by atomic mass is 16.5. The number of benzene rings is 1. The monoisotopic (exact) mass is 296 g/mol. The van der Waals surface area contributed by atoms with E-state index in [2.05, 4.69) is 10.6 Å². The molecule has 1 amide bonds. The second-order valence-corrected chi connectivity index (χ2v) is 4.48. The molecule has 1 rings (SSSR count). The van der Waals surface area contributed by atoms with E-state index in [0.717, 1.165) is 23.5 Å². The van der Waals surface area contributed by atoms with Gasteiger partial charge in [0.2, 0.25) is 5.91 Å². The lowest BCUT2D eigenvalue weighted by molar-refractivity contribution is -0.120. The normalized spacial score (nSPS) is 10.2. The minimum atomic E-state index is -0.0291. The molecule has 0 radical (unpaired) electrons. The van der Waals surface area contributed by atoms with E-state index in [1.165, 1.54) is 0 Å². The quantitative estimate of drug-likeness (QED) is 0.629. The summed E-state index contributed by atoms with van der Waals surface area (Å²) >= 11 is 0. The van der Waals surface area contributed by atoms with Gasteiger partial charge in [-0.3, -0.25) is 4.79 Å². The van der Waals surface area contributed by atoms with Crippen LogP contribution in [0.2, 0.25) is 0 Å². The lowest BCUT2D eigenvalue weighted by Gasteiger charge is -2.11. The molecule has 1 aromatic rings. The molecular weight excluding hydrogens is 272 g/mol. The van der Waals surface area contributed by atoms with Crippen LogP contribution in [0.3, 0.4) is 0 Å². The Morgan fingerprint density at radius 3 is 2.67 bits per heavy atom. The summed E-state index contributed by atoms with van der Waals surface area (Å²) in [5.41, 5.74) is 0.977. The molecule has 0 fully saturated rings. The van der Waals surface area contributed by atoms with E-state index in [1.807, 2.05) is 18.2 Å². The Morgan fingerprint density at radius 2 is 2.00 bits per heavy atom. The largest absolute Gasteiger partial charge is 0.497 e. The summed E-state index contributed by atoms with van der Waals surface area (Å²) < 4.78 is 15.4. The van der Waals surface area contributed by atoms with Crippen molar-refractivity contribution in [1.29, 1.82) is 0 Å². The number of rotatable bonds is 10. The molecule has 0 saturated heterocycles. The van der Waals surface area contributed by atoms with Gasteiger partial charge in [-0.2, -0.15) is 0 Å². The molecular formula is C15H24N2O4. The lowest BCUT2D eigenvalue weighted by Crippen LogP contribution is -2.34. The average molecular weight is 296 g/mol. The summed E-state index contributed by atoms with van der Waals surface area (Å²) in [5.74, 6) is 1.45. The molecule has 2 N–H and O–H groups in total. The predicted octanol–water partition coefficient (Wildman–Crippen LogP) is 0.946. The van der Waals surface area contributed by atoms with E-state index in [-0.39, 0.29) is 12.5 Å². The molecule has 0 aliphatic heterocycles. The standard InChI is InChI=1S/C15H24N2O4/c1-19-8-4-7-17-15(18)11-16-10-12-5-6-13(20-2)9-14(12)21-3/h5-6,9,16H,4,7-8,10-11H2,1-3H3,(H,17,18). The minimum Gasteiger partial charge on any atom is -0.497 e. The van der Waals surface area contributed by atoms with Crippen molar-refractivity contribution in [2.24, 2.45) is 0 Å². The van der Waals surface area contributed by atoms with Crippen LogP contribution in [0.5, 0.6) is 11.5 Å². The molecule has 0 aromatic heterocycles. The number of hydrogen-bond donors (Lipinski definition) is 2. The smallest absolute Gasteiger partial charge is 0.233 e. The number of nitrogens with one attached hydrogen (secondary N) is 2. The second kappa shape index (κ2) is 10.0. The van der Waals surface area contributed by atoms with Crippen molar-refractivity contribution in [2.75, 3.05) is 41.0 Å². The number of carbonyl (C=O) groups is 1. The zero-order valence-corrected chi connectivity index (χ0v) is 12.9. The van der Waals surface area contributed by atoms with E-state index in [1.54, 1.807) is 21.3 Å². The lowest BCUT2D eigenvalue weighted by atomic mass is 10.2. The van der Waals surface area contributed by atoms with Gasteiger partial charge in [0, 0.05) is 38.4 Å². The van der Waals surface area contributed by atoms with Gasteiger partial charge < -0.3 is 24.8 Å². The first-order chi connectivity index (χ1) is 10.2. The maximum Gasteiger partial charge on any atom is 0.233 e. The minimum absolute atomic E-state index is 0.0291. The molecule has 0 spiro atoms. The van der Waals surface area contributed by atoms with Gasteiger partial charge in [0.25, 0.3) is 0 Å². The number of ether oxygens (including phenoxy) is 3. The summed E-state index contributed by atoms with van der Waals surface area (Å²) in [5, 5.41) is 5.91. The molecule has 118 valence electrons. The van der Waals surface area contributed by atoms with Crippen LogP contribution in [-0.4, -0.2) is 46.9 Å². The van der Waals surface area contributed by atoms with Gasteiger partial charge in [-0.1, -0.05) is 6.07 Å². The van der Waals surface area contributed by atoms with Crippen molar-refractivity contribution in [2.45, 2.75) is 13.0 Å². The second-order valence-electron chi connectivity index (χ2n) is 4.48. The zero-order valence-electron chi connectivity index (χ0n) is 12.9. The van der Waals surface area contributed by atoms with Gasteiger partial charge in [0.15, 0.2) is 0 Å². The maximum absolute atomic E-state index is 11.6. The molecule has 0 saturated carbocycles. The topological polar surface area (TPSA) is 68.8 Å². The molecule has 0 heterocycles. The number of methoxy groups -OCH3 is 3. The SMILES string of the molecule is COCCCNC(=O)CNCc1ccc(OC)cc1OC. The Balaban J connectivity index is 2.33. The fourth-order valence-corrected chi connectivity index (χ4v) is 1.82. The molecule has 0 atom stereocenters. The van der Waals surface area contributed by atoms with Crippen LogP contribution in [0, 0.1) is 0 Å². The number of amides is 1. The van der Waals surface area contributed by atoms with Crippen LogP contribution >= 0.6 is 0 Å². The van der Waals surface area contributed by atoms with Crippen molar-refractivity contribution < 1.29 is 19.0 Å². The Kier molecular flexibility index (Phi) is 8.23. The van der Waals surface area contributed by atoms with Gasteiger partial charge in [0.1, 0.15) is 11.5 Å². The molecule has 1 aromatic carbocycles. The Labute approximate surface area is 125 Å². The van der Waals surface area contributed by atoms with Crippen LogP contribution in [0.25, 0.3) is 0 Å². The van der Waals surface area contributed by atoms with Crippen molar-refractivity contribution in [3.8, 4) is 11.5 Å². The van der Waals surface area contributed by atoms with Crippen molar-refractivity contribution >= 4 is 5.91 Å². The fourth-order valence-electron chi connectivity index (χ4n) is 1.82. The van der Waals surface area contributed by atoms with E-state index in [4.69, 9.17) is 14.2 Å². The van der Waals surface area contributed by atoms with Gasteiger partial charge in [-0.25, -0.2) is 0 Å². The van der Waals surface area contributed by atoms with Gasteiger partial charge in [-0.05, 0) is 12.5 Å². The van der Waals surface area contributed by atoms with E-state index in [9.17, 15) is 4.79 Å². The van der Waals surface area contributed by atoms with E-state index in [0.29, 0.717) is 19.7 Å². The van der Waals surface area contributed by atoms with E-state index < -0.39 is 0 Å². The van der Waals surface area contributed by atoms with Crippen LogP contribution in [0.1, 0.15) is 12.0 Å². The Bertz CT molecular complexity index is 438. The van der Waals surface area contributed by atoms with Gasteiger partial charge in [-0.15, -0.1) is 0 Å². The van der Waals surface area contributed by atoms with Crippen molar-refractivity contribution in [3.63, 3.8) is 0 Å². The summed E-state index contributed by atoms with van der Waals surface area (Å²) in [4.78, 5) is 11.6. The highest BCUT2D eigenvalue weighted by Gasteiger charge is 2.06. The Hall–Kier alpha value is -1.79. The summed E-state index contributed by atoms with van der Waals surface area (Å²) in [7, 11) is 4.87. The summed E-state index contributed by atoms with van der Waals surface area (Å²) in [6, 6.07) is 5.60. The zero-order chi connectivity index (χ0) is 15.5. The molecule has 6 nitrogen and oxygen atoms in total. The maximum atomic E-state index is 11.6. The van der Waals surface area contributed by atoms with Gasteiger partial charge >= 0.3 is 0 Å². The Morgan fingerprint density at radius 1 is 1.19 bits per heavy atom. The highest BCUT2D eigenvalue weighted by molar-refractivity contribution is 5.77. The van der Waals surface area contributed by atoms with Crippen LogP contribution in [0.4, 0.5) is 0 Å². The van der Waals surface area contributed by atoms with Crippen LogP contribution in [0.15, 0.2) is 18.2 Å². The number of hydrogen-bond acceptors (Lipinski definition) is 5. The molecule has 0 unspecified atom stereocenters. The first-order valence-corrected chi connectivity index (χ1v) is 6.88. The number of carbonyl (C=O) groups excluding carboxylic acids is 1. The highest BCUT2D eigenvalue weighted by Crippen LogP contribution is 2.24. The summed E-state index contributed by atoms with van der Waals surface area (Å²) in [6.45, 7) is 2.10. The molecule has 6 heteroatoms. The van der Waals surface area contributed by atoms with Crippen LogP contribution < -0.4 is 20.1 Å². The molecule has 0 bridgehead atoms. The first kappa shape index (κ1) is 17.3. The third-order valence-corrected chi connectivity index (χ3v) is 2.94. The average Bonchev–Trinajstić information content (AvgIpc) is 2.51. The van der Waals surface area contributed by atoms with Crippen molar-refractivity contribution in [3.05, 3.63) is 23.8 Å². The summed E-state index contributed by atoms with van der Waals surface area (Å²) in [6.07, 6.45) is 0.814. The van der Waals surface area contributed by atoms with Gasteiger partial charge in [0.05, 0.1) is 20.8 Å². The first-order valence-electron chi connectivity index (χ1n) is 6.88. The molecule has 21 heavy (non-hydrogen) atoms. The third-order valence-electron chi connectivity index (χ3n) is 2.94. The van der Waals surface area contributed by atoms with Crippen molar-refractivity contribution in [1.82, 2.24) is 10.6 Å². The fraction of sp³-hybridized carbons (Fsp3) is 0.533. The van der Waals surface area contributed by atoms with Crippen LogP contribution in [-0.2, 0) is 16.1 Å². The predicted molar refractivity (Wildman–Crippen MR) is 80.8 cm³/mol. The molecule has 0 aliphatic rings. The third kappa shape index (κ3) is 6.46.